The summed E-state index contributed by atoms with van der Waals surface area (Å²) in [4.78, 5) is 12.9. The molecular weight excluding hydrogens is 630 g/mol. The molecule has 0 radical (unpaired) electrons. The summed E-state index contributed by atoms with van der Waals surface area (Å²) in [5.41, 5.74) is 0. The number of hydrogen-bond acceptors (Lipinski definition) is 10. The Bertz CT molecular complexity index is 878. The molecule has 0 saturated carbocycles. The molecule has 0 aromatic carbocycles. The molecule has 1 fully saturated rings. The van der Waals surface area contributed by atoms with Gasteiger partial charge in [-0.05, 0) is 12.8 Å². The van der Waals surface area contributed by atoms with E-state index >= 15 is 0 Å². The Morgan fingerprint density at radius 2 is 1.23 bits per heavy atom. The first kappa shape index (κ1) is 44.1. The zero-order valence-corrected chi connectivity index (χ0v) is 29.9. The summed E-state index contributed by atoms with van der Waals surface area (Å²) in [5, 5.41) is 44.4. The first-order chi connectivity index (χ1) is 22.5. The SMILES string of the molecule is CCCCCCCCCCCCCC(O)C(COC1OC(CO)C(O)C(OS(=O)(=O)O)C1O)NC(=O)CCCCCCCCCCC. The number of amides is 1. The third kappa shape index (κ3) is 21.0. The molecule has 1 saturated heterocycles. The van der Waals surface area contributed by atoms with Crippen molar-refractivity contribution in [3.63, 3.8) is 0 Å². The maximum atomic E-state index is 12.9. The minimum atomic E-state index is -5.06. The third-order valence-electron chi connectivity index (χ3n) is 8.92. The van der Waals surface area contributed by atoms with Crippen molar-refractivity contribution in [1.29, 1.82) is 0 Å². The van der Waals surface area contributed by atoms with E-state index in [1.165, 1.54) is 77.0 Å². The van der Waals surface area contributed by atoms with E-state index in [0.29, 0.717) is 12.8 Å². The van der Waals surface area contributed by atoms with Crippen molar-refractivity contribution in [2.45, 2.75) is 198 Å². The molecule has 1 aliphatic heterocycles. The van der Waals surface area contributed by atoms with Crippen LogP contribution >= 0.6 is 0 Å². The fraction of sp³-hybridized carbons (Fsp3) is 0.971. The molecule has 1 rings (SSSR count). The molecule has 280 valence electrons. The van der Waals surface area contributed by atoms with Crippen LogP contribution in [0.2, 0.25) is 0 Å². The summed E-state index contributed by atoms with van der Waals surface area (Å²) in [7, 11) is -5.06. The molecule has 1 amide bonds. The van der Waals surface area contributed by atoms with E-state index in [2.05, 4.69) is 23.3 Å². The van der Waals surface area contributed by atoms with Crippen molar-refractivity contribution >= 4 is 16.3 Å². The molecule has 1 heterocycles. The number of rotatable bonds is 30. The molecule has 0 aliphatic carbocycles. The monoisotopic (exact) mass is 697 g/mol. The Hall–Kier alpha value is -0.900. The number of nitrogens with one attached hydrogen (secondary N) is 1. The lowest BCUT2D eigenvalue weighted by atomic mass is 9.99. The van der Waals surface area contributed by atoms with Gasteiger partial charge in [0, 0.05) is 6.42 Å². The van der Waals surface area contributed by atoms with Gasteiger partial charge in [-0.2, -0.15) is 8.42 Å². The second-order valence-corrected chi connectivity index (χ2v) is 14.2. The van der Waals surface area contributed by atoms with Crippen LogP contribution in [0.15, 0.2) is 0 Å². The fourth-order valence-electron chi connectivity index (χ4n) is 5.99. The van der Waals surface area contributed by atoms with E-state index in [0.717, 1.165) is 51.4 Å². The molecule has 0 aromatic rings. The fourth-order valence-corrected chi connectivity index (χ4v) is 6.49. The molecule has 0 spiro atoms. The zero-order valence-electron chi connectivity index (χ0n) is 29.1. The Labute approximate surface area is 284 Å². The van der Waals surface area contributed by atoms with E-state index in [-0.39, 0.29) is 12.5 Å². The second-order valence-electron chi connectivity index (χ2n) is 13.2. The number of carbonyl (C=O) groups excluding carboxylic acids is 1. The van der Waals surface area contributed by atoms with E-state index in [1.54, 1.807) is 0 Å². The van der Waals surface area contributed by atoms with Crippen LogP contribution in [0.25, 0.3) is 0 Å². The highest BCUT2D eigenvalue weighted by Gasteiger charge is 2.48. The molecule has 7 unspecified atom stereocenters. The molecule has 0 bridgehead atoms. The van der Waals surface area contributed by atoms with Gasteiger partial charge >= 0.3 is 10.4 Å². The zero-order chi connectivity index (χ0) is 34.9. The highest BCUT2D eigenvalue weighted by Crippen LogP contribution is 2.26. The van der Waals surface area contributed by atoms with Crippen molar-refractivity contribution in [2.75, 3.05) is 13.2 Å². The third-order valence-corrected chi connectivity index (χ3v) is 9.38. The standard InChI is InChI=1S/C34H67NO11S/c1-3-5-7-9-11-13-14-16-17-19-21-23-28(37)27(35-30(38)24-22-20-18-15-12-10-8-6-4-2)26-44-34-32(40)33(46-47(41,42)43)31(39)29(25-36)45-34/h27-29,31-34,36-37,39-40H,3-26H2,1-2H3,(H,35,38)(H,41,42,43). The molecule has 47 heavy (non-hydrogen) atoms. The molecule has 13 heteroatoms. The molecule has 0 aromatic heterocycles. The molecular formula is C34H67NO11S. The first-order valence-electron chi connectivity index (χ1n) is 18.4. The van der Waals surface area contributed by atoms with Crippen molar-refractivity contribution in [3.8, 4) is 0 Å². The van der Waals surface area contributed by atoms with Crippen LogP contribution in [0, 0.1) is 0 Å². The van der Waals surface area contributed by atoms with Gasteiger partial charge in [0.05, 0.1) is 25.4 Å². The van der Waals surface area contributed by atoms with E-state index in [4.69, 9.17) is 14.0 Å². The van der Waals surface area contributed by atoms with Gasteiger partial charge < -0.3 is 35.2 Å². The summed E-state index contributed by atoms with van der Waals surface area (Å²) >= 11 is 0. The van der Waals surface area contributed by atoms with Crippen LogP contribution in [-0.4, -0.2) is 95.4 Å². The Morgan fingerprint density at radius 1 is 0.766 bits per heavy atom. The quantitative estimate of drug-likeness (QED) is 0.0432. The maximum absolute atomic E-state index is 12.9. The van der Waals surface area contributed by atoms with Gasteiger partial charge in [0.1, 0.15) is 24.4 Å². The predicted molar refractivity (Wildman–Crippen MR) is 181 cm³/mol. The van der Waals surface area contributed by atoms with Crippen LogP contribution in [-0.2, 0) is 28.9 Å². The summed E-state index contributed by atoms with van der Waals surface area (Å²) < 4.78 is 47.3. The van der Waals surface area contributed by atoms with Gasteiger partial charge in [-0.1, -0.05) is 136 Å². The summed E-state index contributed by atoms with van der Waals surface area (Å²) in [6.07, 6.45) is 14.2. The number of hydrogen-bond donors (Lipinski definition) is 6. The normalized spacial score (nSPS) is 23.1. The highest BCUT2D eigenvalue weighted by molar-refractivity contribution is 7.80. The molecule has 7 atom stereocenters. The first-order valence-corrected chi connectivity index (χ1v) is 19.8. The number of aliphatic hydroxyl groups excluding tert-OH is 4. The highest BCUT2D eigenvalue weighted by atomic mass is 32.3. The van der Waals surface area contributed by atoms with Gasteiger partial charge in [0.25, 0.3) is 0 Å². The van der Waals surface area contributed by atoms with Crippen LogP contribution in [0.3, 0.4) is 0 Å². The van der Waals surface area contributed by atoms with Crippen LogP contribution in [0.1, 0.15) is 155 Å². The van der Waals surface area contributed by atoms with Gasteiger partial charge in [0.15, 0.2) is 6.29 Å². The van der Waals surface area contributed by atoms with Gasteiger partial charge in [-0.15, -0.1) is 0 Å². The molecule has 12 nitrogen and oxygen atoms in total. The van der Waals surface area contributed by atoms with Gasteiger partial charge in [0.2, 0.25) is 5.91 Å². The Morgan fingerprint density at radius 3 is 1.70 bits per heavy atom. The number of ether oxygens (including phenoxy) is 2. The summed E-state index contributed by atoms with van der Waals surface area (Å²) in [6, 6.07) is -0.847. The van der Waals surface area contributed by atoms with Gasteiger partial charge in [-0.25, -0.2) is 4.18 Å². The lowest BCUT2D eigenvalue weighted by molar-refractivity contribution is -0.298. The minimum Gasteiger partial charge on any atom is -0.394 e. The lowest BCUT2D eigenvalue weighted by Gasteiger charge is -2.41. The van der Waals surface area contributed by atoms with Crippen molar-refractivity contribution in [3.05, 3.63) is 0 Å². The average molecular weight is 698 g/mol. The predicted octanol–water partition coefficient (Wildman–Crippen LogP) is 5.10. The molecule has 1 aliphatic rings. The van der Waals surface area contributed by atoms with Crippen LogP contribution in [0.5, 0.6) is 0 Å². The van der Waals surface area contributed by atoms with Crippen molar-refractivity contribution < 1.29 is 51.8 Å². The topological polar surface area (TPSA) is 192 Å². The van der Waals surface area contributed by atoms with Crippen LogP contribution < -0.4 is 5.32 Å². The van der Waals surface area contributed by atoms with E-state index < -0.39 is 59.9 Å². The Kier molecular flexibility index (Phi) is 25.3. The van der Waals surface area contributed by atoms with E-state index in [9.17, 15) is 33.6 Å². The number of carbonyl (C=O) groups is 1. The largest absolute Gasteiger partial charge is 0.397 e. The maximum Gasteiger partial charge on any atom is 0.397 e. The van der Waals surface area contributed by atoms with Crippen LogP contribution in [0.4, 0.5) is 0 Å². The van der Waals surface area contributed by atoms with Crippen molar-refractivity contribution in [1.82, 2.24) is 5.32 Å². The number of aliphatic hydroxyl groups is 4. The van der Waals surface area contributed by atoms with Gasteiger partial charge in [-0.3, -0.25) is 9.35 Å². The van der Waals surface area contributed by atoms with Crippen molar-refractivity contribution in [2.24, 2.45) is 0 Å². The van der Waals surface area contributed by atoms with E-state index in [1.807, 2.05) is 0 Å². The lowest BCUT2D eigenvalue weighted by Crippen LogP contribution is -2.61. The summed E-state index contributed by atoms with van der Waals surface area (Å²) in [6.45, 7) is 3.37. The molecule has 6 N–H and O–H groups in total. The number of unbranched alkanes of at least 4 members (excludes halogenated alkanes) is 18. The summed E-state index contributed by atoms with van der Waals surface area (Å²) in [5.74, 6) is -0.235. The minimum absolute atomic E-state index is 0.235. The second kappa shape index (κ2) is 26.9. The Balaban J connectivity index is 2.64. The average Bonchev–Trinajstić information content (AvgIpc) is 3.03. The smallest absolute Gasteiger partial charge is 0.394 e.